The van der Waals surface area contributed by atoms with Crippen molar-refractivity contribution in [3.8, 4) is 0 Å². The van der Waals surface area contributed by atoms with E-state index in [1.54, 1.807) is 19.0 Å². The van der Waals surface area contributed by atoms with Crippen LogP contribution in [-0.2, 0) is 0 Å². The van der Waals surface area contributed by atoms with Crippen LogP contribution in [0.25, 0.3) is 0 Å². The molecular formula is C13H23N3OS. The summed E-state index contributed by atoms with van der Waals surface area (Å²) in [6.45, 7) is 6.26. The zero-order valence-corrected chi connectivity index (χ0v) is 12.5. The lowest BCUT2D eigenvalue weighted by atomic mass is 10.3. The molecule has 1 amide bonds. The zero-order chi connectivity index (χ0) is 13.7. The number of nitrogen functional groups attached to an aromatic ring is 1. The second-order valence-electron chi connectivity index (χ2n) is 4.50. The Morgan fingerprint density at radius 1 is 1.39 bits per heavy atom. The monoisotopic (exact) mass is 269 g/mol. The van der Waals surface area contributed by atoms with Gasteiger partial charge in [-0.1, -0.05) is 13.3 Å². The number of hydrogen-bond donors (Lipinski definition) is 1. The van der Waals surface area contributed by atoms with E-state index in [9.17, 15) is 4.79 Å². The maximum Gasteiger partial charge on any atom is 0.265 e. The molecule has 1 aromatic rings. The topological polar surface area (TPSA) is 49.6 Å². The fraction of sp³-hybridized carbons (Fsp3) is 0.615. The molecule has 0 saturated carbocycles. The molecule has 0 aliphatic heterocycles. The van der Waals surface area contributed by atoms with E-state index in [-0.39, 0.29) is 5.91 Å². The van der Waals surface area contributed by atoms with Crippen molar-refractivity contribution in [3.63, 3.8) is 0 Å². The summed E-state index contributed by atoms with van der Waals surface area (Å²) in [5, 5.41) is 1.09. The molecule has 102 valence electrons. The van der Waals surface area contributed by atoms with Crippen molar-refractivity contribution in [3.05, 3.63) is 10.9 Å². The SMILES string of the molecule is CCCCN(CC)c1cc(N)c(C(=O)N(C)C)s1. The highest BCUT2D eigenvalue weighted by molar-refractivity contribution is 7.18. The van der Waals surface area contributed by atoms with Gasteiger partial charge in [-0.15, -0.1) is 11.3 Å². The lowest BCUT2D eigenvalue weighted by Crippen LogP contribution is -2.23. The number of anilines is 2. The van der Waals surface area contributed by atoms with Crippen molar-refractivity contribution in [2.45, 2.75) is 26.7 Å². The Hall–Kier alpha value is -1.23. The maximum absolute atomic E-state index is 11.9. The highest BCUT2D eigenvalue weighted by Crippen LogP contribution is 2.32. The van der Waals surface area contributed by atoms with E-state index < -0.39 is 0 Å². The van der Waals surface area contributed by atoms with Gasteiger partial charge in [-0.05, 0) is 19.4 Å². The quantitative estimate of drug-likeness (QED) is 0.863. The number of hydrogen-bond acceptors (Lipinski definition) is 4. The van der Waals surface area contributed by atoms with E-state index in [1.807, 2.05) is 6.07 Å². The third-order valence-corrected chi connectivity index (χ3v) is 4.02. The minimum Gasteiger partial charge on any atom is -0.397 e. The Morgan fingerprint density at radius 3 is 2.56 bits per heavy atom. The predicted octanol–water partition coefficient (Wildman–Crippen LogP) is 2.66. The van der Waals surface area contributed by atoms with E-state index in [0.29, 0.717) is 10.6 Å². The number of nitrogens with zero attached hydrogens (tertiary/aromatic N) is 2. The molecule has 1 heterocycles. The molecule has 4 nitrogen and oxygen atoms in total. The van der Waals surface area contributed by atoms with Crippen molar-refractivity contribution >= 4 is 27.9 Å². The number of thiophene rings is 1. The summed E-state index contributed by atoms with van der Waals surface area (Å²) < 4.78 is 0. The van der Waals surface area contributed by atoms with Gasteiger partial charge in [0.25, 0.3) is 5.91 Å². The summed E-state index contributed by atoms with van der Waals surface area (Å²) in [7, 11) is 3.49. The maximum atomic E-state index is 11.9. The molecule has 0 aliphatic rings. The molecule has 0 radical (unpaired) electrons. The average Bonchev–Trinajstić information content (AvgIpc) is 2.71. The van der Waals surface area contributed by atoms with Gasteiger partial charge in [0, 0.05) is 27.2 Å². The van der Waals surface area contributed by atoms with Crippen LogP contribution in [0.3, 0.4) is 0 Å². The van der Waals surface area contributed by atoms with Crippen LogP contribution < -0.4 is 10.6 Å². The van der Waals surface area contributed by atoms with Crippen molar-refractivity contribution in [1.82, 2.24) is 4.90 Å². The predicted molar refractivity (Wildman–Crippen MR) is 79.5 cm³/mol. The average molecular weight is 269 g/mol. The van der Waals surface area contributed by atoms with Crippen LogP contribution >= 0.6 is 11.3 Å². The van der Waals surface area contributed by atoms with Gasteiger partial charge in [0.1, 0.15) is 4.88 Å². The summed E-state index contributed by atoms with van der Waals surface area (Å²) >= 11 is 1.49. The largest absolute Gasteiger partial charge is 0.397 e. The highest BCUT2D eigenvalue weighted by Gasteiger charge is 2.18. The first-order valence-electron chi connectivity index (χ1n) is 6.37. The molecule has 1 aromatic heterocycles. The van der Waals surface area contributed by atoms with Gasteiger partial charge in [-0.3, -0.25) is 4.79 Å². The summed E-state index contributed by atoms with van der Waals surface area (Å²) in [5.74, 6) is -0.0182. The van der Waals surface area contributed by atoms with Crippen LogP contribution in [0.4, 0.5) is 10.7 Å². The first kappa shape index (κ1) is 14.8. The third-order valence-electron chi connectivity index (χ3n) is 2.82. The van der Waals surface area contributed by atoms with Crippen molar-refractivity contribution < 1.29 is 4.79 Å². The van der Waals surface area contributed by atoms with E-state index >= 15 is 0 Å². The van der Waals surface area contributed by atoms with Crippen LogP contribution in [0.5, 0.6) is 0 Å². The van der Waals surface area contributed by atoms with Gasteiger partial charge in [0.2, 0.25) is 0 Å². The number of rotatable bonds is 6. The lowest BCUT2D eigenvalue weighted by molar-refractivity contribution is 0.0833. The van der Waals surface area contributed by atoms with E-state index in [0.717, 1.165) is 24.5 Å². The van der Waals surface area contributed by atoms with Gasteiger partial charge in [0.15, 0.2) is 0 Å². The van der Waals surface area contributed by atoms with Crippen LogP contribution in [0, 0.1) is 0 Å². The summed E-state index contributed by atoms with van der Waals surface area (Å²) in [6, 6.07) is 1.92. The lowest BCUT2D eigenvalue weighted by Gasteiger charge is -2.20. The van der Waals surface area contributed by atoms with Crippen molar-refractivity contribution in [2.24, 2.45) is 0 Å². The molecule has 5 heteroatoms. The van der Waals surface area contributed by atoms with E-state index in [2.05, 4.69) is 18.7 Å². The summed E-state index contributed by atoms with van der Waals surface area (Å²) in [5.41, 5.74) is 6.52. The highest BCUT2D eigenvalue weighted by atomic mass is 32.1. The summed E-state index contributed by atoms with van der Waals surface area (Å²) in [4.78, 5) is 16.4. The van der Waals surface area contributed by atoms with Gasteiger partial charge in [-0.2, -0.15) is 0 Å². The molecule has 0 atom stereocenters. The van der Waals surface area contributed by atoms with E-state index in [1.165, 1.54) is 17.8 Å². The van der Waals surface area contributed by atoms with Crippen LogP contribution in [0.1, 0.15) is 36.4 Å². The van der Waals surface area contributed by atoms with E-state index in [4.69, 9.17) is 5.73 Å². The Labute approximate surface area is 113 Å². The van der Waals surface area contributed by atoms with Crippen molar-refractivity contribution in [2.75, 3.05) is 37.8 Å². The van der Waals surface area contributed by atoms with Crippen LogP contribution in [-0.4, -0.2) is 38.0 Å². The molecule has 0 spiro atoms. The Bertz CT molecular complexity index is 401. The Balaban J connectivity index is 2.91. The second kappa shape index (κ2) is 6.64. The number of nitrogens with two attached hydrogens (primary N) is 1. The number of carbonyl (C=O) groups is 1. The standard InChI is InChI=1S/C13H23N3OS/c1-5-7-8-16(6-2)11-9-10(14)12(18-11)13(17)15(3)4/h9H,5-8,14H2,1-4H3. The molecule has 18 heavy (non-hydrogen) atoms. The minimum absolute atomic E-state index is 0.0182. The fourth-order valence-corrected chi connectivity index (χ4v) is 2.88. The van der Waals surface area contributed by atoms with Crippen molar-refractivity contribution in [1.29, 1.82) is 0 Å². The van der Waals surface area contributed by atoms with Crippen LogP contribution in [0.2, 0.25) is 0 Å². The zero-order valence-electron chi connectivity index (χ0n) is 11.7. The minimum atomic E-state index is -0.0182. The normalized spacial score (nSPS) is 10.4. The van der Waals surface area contributed by atoms with Crippen LogP contribution in [0.15, 0.2) is 6.07 Å². The first-order chi connectivity index (χ1) is 8.51. The first-order valence-corrected chi connectivity index (χ1v) is 7.18. The molecule has 0 unspecified atom stereocenters. The van der Waals surface area contributed by atoms with Gasteiger partial charge < -0.3 is 15.5 Å². The molecule has 0 saturated heterocycles. The molecule has 1 rings (SSSR count). The van der Waals surface area contributed by atoms with Gasteiger partial charge >= 0.3 is 0 Å². The Morgan fingerprint density at radius 2 is 2.06 bits per heavy atom. The Kier molecular flexibility index (Phi) is 5.47. The fourth-order valence-electron chi connectivity index (χ4n) is 1.69. The smallest absolute Gasteiger partial charge is 0.265 e. The molecule has 0 aromatic carbocycles. The molecule has 0 aliphatic carbocycles. The molecule has 0 fully saturated rings. The third kappa shape index (κ3) is 3.38. The molecular weight excluding hydrogens is 246 g/mol. The van der Waals surface area contributed by atoms with Gasteiger partial charge in [-0.25, -0.2) is 0 Å². The molecule has 0 bridgehead atoms. The number of amides is 1. The number of carbonyl (C=O) groups excluding carboxylic acids is 1. The van der Waals surface area contributed by atoms with Gasteiger partial charge in [0.05, 0.1) is 10.7 Å². The second-order valence-corrected chi connectivity index (χ2v) is 5.53. The summed E-state index contributed by atoms with van der Waals surface area (Å²) in [6.07, 6.45) is 2.32. The molecule has 2 N–H and O–H groups in total. The number of unbranched alkanes of at least 4 members (excludes halogenated alkanes) is 1.